The van der Waals surface area contributed by atoms with Crippen molar-refractivity contribution >= 4 is 11.5 Å². The van der Waals surface area contributed by atoms with Crippen molar-refractivity contribution in [3.63, 3.8) is 0 Å². The van der Waals surface area contributed by atoms with Gasteiger partial charge in [0.15, 0.2) is 5.82 Å². The summed E-state index contributed by atoms with van der Waals surface area (Å²) in [5.74, 6) is 1.89. The van der Waals surface area contributed by atoms with Crippen molar-refractivity contribution in [1.29, 1.82) is 0 Å². The SMILES string of the molecule is Nc1cccnc1N1CC2CCC1C2. The van der Waals surface area contributed by atoms with Gasteiger partial charge >= 0.3 is 0 Å². The van der Waals surface area contributed by atoms with Crippen LogP contribution in [0.25, 0.3) is 0 Å². The predicted molar refractivity (Wildman–Crippen MR) is 57.1 cm³/mol. The second kappa shape index (κ2) is 2.87. The molecule has 2 unspecified atom stereocenters. The smallest absolute Gasteiger partial charge is 0.152 e. The van der Waals surface area contributed by atoms with Crippen LogP contribution in [0.15, 0.2) is 18.3 Å². The maximum atomic E-state index is 5.93. The Kier molecular flexibility index (Phi) is 1.66. The fourth-order valence-corrected chi connectivity index (χ4v) is 2.83. The first-order valence-electron chi connectivity index (χ1n) is 5.32. The molecule has 3 heteroatoms. The Bertz CT molecular complexity index is 350. The number of hydrogen-bond acceptors (Lipinski definition) is 3. The highest BCUT2D eigenvalue weighted by Gasteiger charge is 2.38. The summed E-state index contributed by atoms with van der Waals surface area (Å²) in [6, 6.07) is 4.54. The molecule has 1 aliphatic heterocycles. The van der Waals surface area contributed by atoms with Gasteiger partial charge in [-0.15, -0.1) is 0 Å². The molecule has 2 heterocycles. The maximum Gasteiger partial charge on any atom is 0.152 e. The molecule has 0 aromatic carbocycles. The van der Waals surface area contributed by atoms with E-state index in [0.29, 0.717) is 6.04 Å². The molecule has 3 rings (SSSR count). The number of fused-ring (bicyclic) bond motifs is 2. The lowest BCUT2D eigenvalue weighted by molar-refractivity contribution is 0.551. The molecule has 74 valence electrons. The normalized spacial score (nSPS) is 29.9. The highest BCUT2D eigenvalue weighted by atomic mass is 15.2. The van der Waals surface area contributed by atoms with Gasteiger partial charge in [0.05, 0.1) is 5.69 Å². The Balaban J connectivity index is 1.93. The van der Waals surface area contributed by atoms with Gasteiger partial charge in [0.1, 0.15) is 0 Å². The summed E-state index contributed by atoms with van der Waals surface area (Å²) in [5.41, 5.74) is 6.75. The summed E-state index contributed by atoms with van der Waals surface area (Å²) in [6.45, 7) is 1.16. The number of pyridine rings is 1. The molecular formula is C11H15N3. The number of anilines is 2. The van der Waals surface area contributed by atoms with Gasteiger partial charge in [-0.3, -0.25) is 0 Å². The van der Waals surface area contributed by atoms with E-state index in [2.05, 4.69) is 9.88 Å². The summed E-state index contributed by atoms with van der Waals surface area (Å²) >= 11 is 0. The average Bonchev–Trinajstić information content (AvgIpc) is 2.79. The summed E-state index contributed by atoms with van der Waals surface area (Å²) in [5, 5.41) is 0. The lowest BCUT2D eigenvalue weighted by Crippen LogP contribution is -2.33. The molecule has 2 N–H and O–H groups in total. The number of piperidine rings is 1. The molecule has 2 bridgehead atoms. The number of hydrogen-bond donors (Lipinski definition) is 1. The molecule has 1 saturated carbocycles. The van der Waals surface area contributed by atoms with Crippen molar-refractivity contribution in [2.75, 3.05) is 17.2 Å². The van der Waals surface area contributed by atoms with Crippen molar-refractivity contribution in [3.05, 3.63) is 18.3 Å². The van der Waals surface area contributed by atoms with Crippen LogP contribution < -0.4 is 10.6 Å². The van der Waals surface area contributed by atoms with E-state index < -0.39 is 0 Å². The van der Waals surface area contributed by atoms with Gasteiger partial charge in [0.25, 0.3) is 0 Å². The van der Waals surface area contributed by atoms with Crippen LogP contribution >= 0.6 is 0 Å². The van der Waals surface area contributed by atoms with Crippen LogP contribution in [-0.4, -0.2) is 17.6 Å². The van der Waals surface area contributed by atoms with E-state index >= 15 is 0 Å². The third-order valence-corrected chi connectivity index (χ3v) is 3.50. The first kappa shape index (κ1) is 8.09. The Labute approximate surface area is 83.9 Å². The first-order valence-corrected chi connectivity index (χ1v) is 5.32. The van der Waals surface area contributed by atoms with Crippen molar-refractivity contribution < 1.29 is 0 Å². The molecule has 14 heavy (non-hydrogen) atoms. The highest BCUT2D eigenvalue weighted by molar-refractivity contribution is 5.63. The number of nitrogen functional groups attached to an aromatic ring is 1. The van der Waals surface area contributed by atoms with E-state index in [1.54, 1.807) is 0 Å². The third-order valence-electron chi connectivity index (χ3n) is 3.50. The lowest BCUT2D eigenvalue weighted by atomic mass is 10.1. The van der Waals surface area contributed by atoms with Crippen LogP contribution in [0, 0.1) is 5.92 Å². The minimum absolute atomic E-state index is 0.706. The van der Waals surface area contributed by atoms with E-state index in [9.17, 15) is 0 Å². The number of rotatable bonds is 1. The molecule has 2 atom stereocenters. The minimum atomic E-state index is 0.706. The molecule has 1 saturated heterocycles. The van der Waals surface area contributed by atoms with Crippen LogP contribution in [0.1, 0.15) is 19.3 Å². The molecule has 1 aromatic heterocycles. The third kappa shape index (κ3) is 1.08. The van der Waals surface area contributed by atoms with Gasteiger partial charge in [-0.2, -0.15) is 0 Å². The Morgan fingerprint density at radius 3 is 3.00 bits per heavy atom. The van der Waals surface area contributed by atoms with Crippen LogP contribution in [0.2, 0.25) is 0 Å². The summed E-state index contributed by atoms with van der Waals surface area (Å²) in [6.07, 6.45) is 5.89. The van der Waals surface area contributed by atoms with E-state index in [1.807, 2.05) is 18.3 Å². The fraction of sp³-hybridized carbons (Fsp3) is 0.545. The van der Waals surface area contributed by atoms with Crippen LogP contribution in [0.5, 0.6) is 0 Å². The van der Waals surface area contributed by atoms with Crippen molar-refractivity contribution in [1.82, 2.24) is 4.98 Å². The molecule has 2 aliphatic rings. The number of aromatic nitrogens is 1. The Morgan fingerprint density at radius 2 is 2.36 bits per heavy atom. The average molecular weight is 189 g/mol. The van der Waals surface area contributed by atoms with Gasteiger partial charge < -0.3 is 10.6 Å². The molecule has 3 nitrogen and oxygen atoms in total. The minimum Gasteiger partial charge on any atom is -0.396 e. The quantitative estimate of drug-likeness (QED) is 0.730. The van der Waals surface area contributed by atoms with Crippen LogP contribution in [0.4, 0.5) is 11.5 Å². The van der Waals surface area contributed by atoms with E-state index in [-0.39, 0.29) is 0 Å². The maximum absolute atomic E-state index is 5.93. The summed E-state index contributed by atoms with van der Waals surface area (Å²) in [4.78, 5) is 6.77. The molecular weight excluding hydrogens is 174 g/mol. The molecule has 0 amide bonds. The first-order chi connectivity index (χ1) is 6.84. The number of nitrogens with zero attached hydrogens (tertiary/aromatic N) is 2. The lowest BCUT2D eigenvalue weighted by Gasteiger charge is -2.28. The zero-order valence-electron chi connectivity index (χ0n) is 8.19. The van der Waals surface area contributed by atoms with E-state index in [4.69, 9.17) is 5.73 Å². The monoisotopic (exact) mass is 189 g/mol. The summed E-state index contributed by atoms with van der Waals surface area (Å²) in [7, 11) is 0. The Morgan fingerprint density at radius 1 is 1.43 bits per heavy atom. The van der Waals surface area contributed by atoms with Gasteiger partial charge in [-0.1, -0.05) is 0 Å². The fourth-order valence-electron chi connectivity index (χ4n) is 2.83. The molecule has 1 aromatic rings. The number of nitrogens with two attached hydrogens (primary N) is 1. The van der Waals surface area contributed by atoms with Gasteiger partial charge in [-0.05, 0) is 37.3 Å². The molecule has 0 radical (unpaired) electrons. The Hall–Kier alpha value is -1.25. The predicted octanol–water partition coefficient (Wildman–Crippen LogP) is 1.65. The van der Waals surface area contributed by atoms with Crippen molar-refractivity contribution in [3.8, 4) is 0 Å². The topological polar surface area (TPSA) is 42.1 Å². The van der Waals surface area contributed by atoms with Gasteiger partial charge in [0.2, 0.25) is 0 Å². The standard InChI is InChI=1S/C11H15N3/c12-10-2-1-5-13-11(10)14-7-8-3-4-9(14)6-8/h1-2,5,8-9H,3-4,6-7,12H2. The second-order valence-electron chi connectivity index (χ2n) is 4.40. The van der Waals surface area contributed by atoms with Crippen molar-refractivity contribution in [2.45, 2.75) is 25.3 Å². The zero-order valence-corrected chi connectivity index (χ0v) is 8.19. The van der Waals surface area contributed by atoms with E-state index in [0.717, 1.165) is 24.0 Å². The zero-order chi connectivity index (χ0) is 9.54. The molecule has 1 aliphatic carbocycles. The highest BCUT2D eigenvalue weighted by Crippen LogP contribution is 2.40. The molecule has 0 spiro atoms. The van der Waals surface area contributed by atoms with Crippen LogP contribution in [0.3, 0.4) is 0 Å². The van der Waals surface area contributed by atoms with Crippen molar-refractivity contribution in [2.24, 2.45) is 5.92 Å². The summed E-state index contributed by atoms with van der Waals surface area (Å²) < 4.78 is 0. The van der Waals surface area contributed by atoms with Crippen LogP contribution in [-0.2, 0) is 0 Å². The van der Waals surface area contributed by atoms with E-state index in [1.165, 1.54) is 19.3 Å². The van der Waals surface area contributed by atoms with Gasteiger partial charge in [0, 0.05) is 18.8 Å². The second-order valence-corrected chi connectivity index (χ2v) is 4.40. The molecule has 2 fully saturated rings. The van der Waals surface area contributed by atoms with Gasteiger partial charge in [-0.25, -0.2) is 4.98 Å². The largest absolute Gasteiger partial charge is 0.396 e.